The minimum absolute atomic E-state index is 0.107. The minimum Gasteiger partial charge on any atom is -0.465 e. The SMILES string of the molecule is COC(=O)c1ccccc1SCC(=O)Nc1c(Cl)cccc1Cl. The molecule has 23 heavy (non-hydrogen) atoms. The predicted molar refractivity (Wildman–Crippen MR) is 93.6 cm³/mol. The van der Waals surface area contributed by atoms with Gasteiger partial charge < -0.3 is 10.1 Å². The van der Waals surface area contributed by atoms with Crippen LogP contribution in [0.25, 0.3) is 0 Å². The van der Waals surface area contributed by atoms with Crippen LogP contribution in [-0.4, -0.2) is 24.7 Å². The van der Waals surface area contributed by atoms with Gasteiger partial charge in [-0.05, 0) is 24.3 Å². The first kappa shape index (κ1) is 17.7. The number of amides is 1. The van der Waals surface area contributed by atoms with Gasteiger partial charge in [0.25, 0.3) is 0 Å². The van der Waals surface area contributed by atoms with Gasteiger partial charge >= 0.3 is 5.97 Å². The van der Waals surface area contributed by atoms with Crippen molar-refractivity contribution in [2.24, 2.45) is 0 Å². The molecule has 0 bridgehead atoms. The molecule has 1 N–H and O–H groups in total. The van der Waals surface area contributed by atoms with Gasteiger partial charge in [-0.2, -0.15) is 0 Å². The van der Waals surface area contributed by atoms with Gasteiger partial charge in [-0.1, -0.05) is 41.4 Å². The Labute approximate surface area is 148 Å². The van der Waals surface area contributed by atoms with Crippen LogP contribution in [0.5, 0.6) is 0 Å². The van der Waals surface area contributed by atoms with E-state index in [4.69, 9.17) is 27.9 Å². The van der Waals surface area contributed by atoms with Crippen LogP contribution in [-0.2, 0) is 9.53 Å². The lowest BCUT2D eigenvalue weighted by Crippen LogP contribution is -2.15. The van der Waals surface area contributed by atoms with Gasteiger partial charge in [-0.25, -0.2) is 4.79 Å². The number of hydrogen-bond donors (Lipinski definition) is 1. The summed E-state index contributed by atoms with van der Waals surface area (Å²) < 4.78 is 4.72. The molecule has 0 unspecified atom stereocenters. The normalized spacial score (nSPS) is 10.2. The Morgan fingerprint density at radius 1 is 1.09 bits per heavy atom. The van der Waals surface area contributed by atoms with Crippen LogP contribution in [0.4, 0.5) is 5.69 Å². The number of nitrogens with one attached hydrogen (secondary N) is 1. The van der Waals surface area contributed by atoms with E-state index in [9.17, 15) is 9.59 Å². The molecule has 0 saturated heterocycles. The number of esters is 1. The molecule has 2 aromatic rings. The lowest BCUT2D eigenvalue weighted by molar-refractivity contribution is -0.113. The van der Waals surface area contributed by atoms with E-state index < -0.39 is 5.97 Å². The average Bonchev–Trinajstić information content (AvgIpc) is 2.56. The van der Waals surface area contributed by atoms with Crippen molar-refractivity contribution in [3.05, 3.63) is 58.1 Å². The van der Waals surface area contributed by atoms with Crippen molar-refractivity contribution in [3.8, 4) is 0 Å². The number of halogens is 2. The van der Waals surface area contributed by atoms with Crippen LogP contribution in [0.1, 0.15) is 10.4 Å². The molecule has 0 aliphatic rings. The molecule has 0 atom stereocenters. The van der Waals surface area contributed by atoms with E-state index in [1.807, 2.05) is 0 Å². The number of hydrogen-bond acceptors (Lipinski definition) is 4. The van der Waals surface area contributed by atoms with Crippen LogP contribution in [0.3, 0.4) is 0 Å². The Hall–Kier alpha value is -1.69. The lowest BCUT2D eigenvalue weighted by atomic mass is 10.2. The lowest BCUT2D eigenvalue weighted by Gasteiger charge is -2.10. The van der Waals surface area contributed by atoms with Gasteiger partial charge in [-0.15, -0.1) is 11.8 Å². The third-order valence-electron chi connectivity index (χ3n) is 2.88. The Bertz CT molecular complexity index is 717. The van der Waals surface area contributed by atoms with Crippen molar-refractivity contribution in [1.82, 2.24) is 0 Å². The van der Waals surface area contributed by atoms with E-state index in [-0.39, 0.29) is 11.7 Å². The number of carbonyl (C=O) groups excluding carboxylic acids is 2. The second-order valence-corrected chi connectivity index (χ2v) is 6.25. The van der Waals surface area contributed by atoms with Crippen molar-refractivity contribution < 1.29 is 14.3 Å². The number of rotatable bonds is 5. The highest BCUT2D eigenvalue weighted by Crippen LogP contribution is 2.30. The molecule has 1 amide bonds. The zero-order valence-corrected chi connectivity index (χ0v) is 14.5. The fraction of sp³-hybridized carbons (Fsp3) is 0.125. The van der Waals surface area contributed by atoms with Gasteiger partial charge in [0, 0.05) is 4.90 Å². The van der Waals surface area contributed by atoms with Crippen molar-refractivity contribution >= 4 is 52.5 Å². The maximum Gasteiger partial charge on any atom is 0.338 e. The van der Waals surface area contributed by atoms with Gasteiger partial charge in [-0.3, -0.25) is 4.79 Å². The van der Waals surface area contributed by atoms with Gasteiger partial charge in [0.15, 0.2) is 0 Å². The molecule has 120 valence electrons. The smallest absolute Gasteiger partial charge is 0.338 e. The number of carbonyl (C=O) groups is 2. The molecule has 2 rings (SSSR count). The summed E-state index contributed by atoms with van der Waals surface area (Å²) in [5.41, 5.74) is 0.797. The topological polar surface area (TPSA) is 55.4 Å². The predicted octanol–water partition coefficient (Wildman–Crippen LogP) is 4.51. The number of anilines is 1. The highest BCUT2D eigenvalue weighted by atomic mass is 35.5. The van der Waals surface area contributed by atoms with Crippen molar-refractivity contribution in [2.45, 2.75) is 4.90 Å². The summed E-state index contributed by atoms with van der Waals surface area (Å²) in [6.45, 7) is 0. The first-order chi connectivity index (χ1) is 11.0. The number of ether oxygens (including phenoxy) is 1. The molecule has 0 heterocycles. The van der Waals surface area contributed by atoms with E-state index >= 15 is 0 Å². The minimum atomic E-state index is -0.442. The van der Waals surface area contributed by atoms with E-state index in [1.54, 1.807) is 42.5 Å². The standard InChI is InChI=1S/C16H13Cl2NO3S/c1-22-16(21)10-5-2-3-8-13(10)23-9-14(20)19-15-11(17)6-4-7-12(15)18/h2-8H,9H2,1H3,(H,19,20). The maximum absolute atomic E-state index is 12.1. The quantitative estimate of drug-likeness (QED) is 0.622. The van der Waals surface area contributed by atoms with E-state index in [1.165, 1.54) is 18.9 Å². The first-order valence-corrected chi connectivity index (χ1v) is 8.31. The molecular weight excluding hydrogens is 357 g/mol. The third kappa shape index (κ3) is 4.64. The largest absolute Gasteiger partial charge is 0.465 e. The molecule has 7 heteroatoms. The van der Waals surface area contributed by atoms with E-state index in [2.05, 4.69) is 5.32 Å². The number of methoxy groups -OCH3 is 1. The Balaban J connectivity index is 2.04. The van der Waals surface area contributed by atoms with Gasteiger partial charge in [0.05, 0.1) is 34.2 Å². The summed E-state index contributed by atoms with van der Waals surface area (Å²) in [5.74, 6) is -0.609. The summed E-state index contributed by atoms with van der Waals surface area (Å²) >= 11 is 13.2. The fourth-order valence-electron chi connectivity index (χ4n) is 1.81. The molecule has 4 nitrogen and oxygen atoms in total. The third-order valence-corrected chi connectivity index (χ3v) is 4.58. The maximum atomic E-state index is 12.1. The monoisotopic (exact) mass is 369 g/mol. The number of thioether (sulfide) groups is 1. The molecule has 0 aliphatic heterocycles. The summed E-state index contributed by atoms with van der Waals surface area (Å²) in [6, 6.07) is 11.9. The molecule has 0 saturated carbocycles. The molecule has 2 aromatic carbocycles. The Morgan fingerprint density at radius 3 is 2.39 bits per heavy atom. The summed E-state index contributed by atoms with van der Waals surface area (Å²) in [4.78, 5) is 24.4. The van der Waals surface area contributed by atoms with Crippen LogP contribution >= 0.6 is 35.0 Å². The van der Waals surface area contributed by atoms with Crippen LogP contribution in [0, 0.1) is 0 Å². The van der Waals surface area contributed by atoms with E-state index in [0.717, 1.165) is 0 Å². The number of benzene rings is 2. The summed E-state index contributed by atoms with van der Waals surface area (Å²) in [5, 5.41) is 3.40. The molecule has 0 spiro atoms. The van der Waals surface area contributed by atoms with E-state index in [0.29, 0.717) is 26.2 Å². The Kier molecular flexibility index (Phi) is 6.33. The van der Waals surface area contributed by atoms with Crippen molar-refractivity contribution in [3.63, 3.8) is 0 Å². The first-order valence-electron chi connectivity index (χ1n) is 6.57. The zero-order valence-electron chi connectivity index (χ0n) is 12.1. The van der Waals surface area contributed by atoms with Crippen molar-refractivity contribution in [2.75, 3.05) is 18.2 Å². The zero-order chi connectivity index (χ0) is 16.8. The Morgan fingerprint density at radius 2 is 1.74 bits per heavy atom. The van der Waals surface area contributed by atoms with Crippen LogP contribution in [0.2, 0.25) is 10.0 Å². The molecule has 0 fully saturated rings. The van der Waals surface area contributed by atoms with Crippen molar-refractivity contribution in [1.29, 1.82) is 0 Å². The molecule has 0 aromatic heterocycles. The second-order valence-electron chi connectivity index (χ2n) is 4.42. The van der Waals surface area contributed by atoms with Crippen LogP contribution < -0.4 is 5.32 Å². The fourth-order valence-corrected chi connectivity index (χ4v) is 3.14. The van der Waals surface area contributed by atoms with Gasteiger partial charge in [0.1, 0.15) is 0 Å². The summed E-state index contributed by atoms with van der Waals surface area (Å²) in [7, 11) is 1.32. The summed E-state index contributed by atoms with van der Waals surface area (Å²) in [6.07, 6.45) is 0. The van der Waals surface area contributed by atoms with Gasteiger partial charge in [0.2, 0.25) is 5.91 Å². The highest BCUT2D eigenvalue weighted by Gasteiger charge is 2.14. The molecular formula is C16H13Cl2NO3S. The molecule has 0 radical (unpaired) electrons. The highest BCUT2D eigenvalue weighted by molar-refractivity contribution is 8.00. The molecule has 0 aliphatic carbocycles. The number of para-hydroxylation sites is 1. The second kappa shape index (κ2) is 8.24. The van der Waals surface area contributed by atoms with Crippen LogP contribution in [0.15, 0.2) is 47.4 Å². The average molecular weight is 370 g/mol.